The highest BCUT2D eigenvalue weighted by atomic mass is 35.5. The van der Waals surface area contributed by atoms with Crippen LogP contribution in [0.4, 0.5) is 5.69 Å². The van der Waals surface area contributed by atoms with Gasteiger partial charge in [0, 0.05) is 17.3 Å². The van der Waals surface area contributed by atoms with Crippen LogP contribution in [-0.4, -0.2) is 5.91 Å². The molecule has 1 aliphatic heterocycles. The minimum Gasteiger partial charge on any atom is -0.456 e. The number of halogens is 1. The molecule has 1 amide bonds. The second-order valence-corrected chi connectivity index (χ2v) is 5.16. The van der Waals surface area contributed by atoms with E-state index < -0.39 is 6.04 Å². The van der Waals surface area contributed by atoms with Crippen LogP contribution in [0, 0.1) is 6.92 Å². The maximum Gasteiger partial charge on any atom is 0.245 e. The van der Waals surface area contributed by atoms with E-state index in [0.29, 0.717) is 22.2 Å². The quantitative estimate of drug-likeness (QED) is 0.890. The number of benzene rings is 2. The van der Waals surface area contributed by atoms with Crippen LogP contribution in [0.2, 0.25) is 5.02 Å². The summed E-state index contributed by atoms with van der Waals surface area (Å²) in [5.74, 6) is 0.983. The van der Waals surface area contributed by atoms with Crippen LogP contribution in [-0.2, 0) is 4.79 Å². The second-order valence-electron chi connectivity index (χ2n) is 4.75. The summed E-state index contributed by atoms with van der Waals surface area (Å²) < 4.78 is 5.76. The number of ether oxygens (including phenoxy) is 1. The van der Waals surface area contributed by atoms with Crippen molar-refractivity contribution in [2.45, 2.75) is 13.0 Å². The molecule has 0 fully saturated rings. The Bertz CT molecular complexity index is 700. The molecule has 0 bridgehead atoms. The van der Waals surface area contributed by atoms with E-state index in [1.807, 2.05) is 19.1 Å². The van der Waals surface area contributed by atoms with E-state index in [2.05, 4.69) is 5.32 Å². The van der Waals surface area contributed by atoms with Gasteiger partial charge in [0.25, 0.3) is 0 Å². The van der Waals surface area contributed by atoms with Crippen LogP contribution in [0.25, 0.3) is 0 Å². The summed E-state index contributed by atoms with van der Waals surface area (Å²) in [7, 11) is 0. The number of aryl methyl sites for hydroxylation is 1. The lowest BCUT2D eigenvalue weighted by Crippen LogP contribution is -2.19. The summed E-state index contributed by atoms with van der Waals surface area (Å²) in [4.78, 5) is 11.5. The normalized spacial score (nSPS) is 16.8. The van der Waals surface area contributed by atoms with Crippen LogP contribution >= 0.6 is 11.6 Å². The lowest BCUT2D eigenvalue weighted by Gasteiger charge is -2.10. The summed E-state index contributed by atoms with van der Waals surface area (Å²) in [6.45, 7) is 1.96. The van der Waals surface area contributed by atoms with Gasteiger partial charge in [0.2, 0.25) is 5.91 Å². The molecule has 2 aromatic rings. The smallest absolute Gasteiger partial charge is 0.245 e. The predicted octanol–water partition coefficient (Wildman–Crippen LogP) is 3.39. The van der Waals surface area contributed by atoms with E-state index in [1.54, 1.807) is 24.3 Å². The first-order valence-corrected chi connectivity index (χ1v) is 6.57. The molecule has 20 heavy (non-hydrogen) atoms. The van der Waals surface area contributed by atoms with Gasteiger partial charge in [0.05, 0.1) is 5.02 Å². The van der Waals surface area contributed by atoms with Gasteiger partial charge in [-0.3, -0.25) is 4.79 Å². The number of nitrogens with one attached hydrogen (secondary N) is 1. The average molecular weight is 289 g/mol. The standard InChI is InChI=1S/C15H13ClN2O2/c1-8-2-5-11(16)13(6-8)20-9-3-4-10-12(7-9)18-15(19)14(10)17/h2-7,14H,17H2,1H3,(H,18,19). The molecule has 1 atom stereocenters. The molecule has 0 radical (unpaired) electrons. The van der Waals surface area contributed by atoms with Crippen molar-refractivity contribution in [3.8, 4) is 11.5 Å². The third-order valence-electron chi connectivity index (χ3n) is 3.21. The fraction of sp³-hybridized carbons (Fsp3) is 0.133. The zero-order valence-electron chi connectivity index (χ0n) is 10.8. The summed E-state index contributed by atoms with van der Waals surface area (Å²) in [5.41, 5.74) is 8.28. The number of nitrogens with two attached hydrogens (primary N) is 1. The number of fused-ring (bicyclic) bond motifs is 1. The van der Waals surface area contributed by atoms with E-state index >= 15 is 0 Å². The lowest BCUT2D eigenvalue weighted by molar-refractivity contribution is -0.116. The van der Waals surface area contributed by atoms with Gasteiger partial charge < -0.3 is 15.8 Å². The van der Waals surface area contributed by atoms with Gasteiger partial charge in [-0.1, -0.05) is 23.7 Å². The molecule has 3 rings (SSSR count). The SMILES string of the molecule is Cc1ccc(Cl)c(Oc2ccc3c(c2)NC(=O)C3N)c1. The number of rotatable bonds is 2. The molecule has 4 nitrogen and oxygen atoms in total. The van der Waals surface area contributed by atoms with Crippen LogP contribution in [0.3, 0.4) is 0 Å². The lowest BCUT2D eigenvalue weighted by atomic mass is 10.1. The highest BCUT2D eigenvalue weighted by Gasteiger charge is 2.27. The van der Waals surface area contributed by atoms with Gasteiger partial charge in [0.15, 0.2) is 0 Å². The Morgan fingerprint density at radius 1 is 1.25 bits per heavy atom. The van der Waals surface area contributed by atoms with Crippen LogP contribution < -0.4 is 15.8 Å². The van der Waals surface area contributed by atoms with Crippen molar-refractivity contribution in [3.05, 3.63) is 52.5 Å². The van der Waals surface area contributed by atoms with E-state index in [4.69, 9.17) is 22.1 Å². The maximum absolute atomic E-state index is 11.5. The fourth-order valence-electron chi connectivity index (χ4n) is 2.15. The number of anilines is 1. The molecule has 0 aromatic heterocycles. The Hall–Kier alpha value is -2.04. The maximum atomic E-state index is 11.5. The van der Waals surface area contributed by atoms with Gasteiger partial charge in [-0.2, -0.15) is 0 Å². The second kappa shape index (κ2) is 4.81. The minimum absolute atomic E-state index is 0.203. The number of carbonyl (C=O) groups is 1. The number of carbonyl (C=O) groups excluding carboxylic acids is 1. The van der Waals surface area contributed by atoms with Crippen LogP contribution in [0.15, 0.2) is 36.4 Å². The highest BCUT2D eigenvalue weighted by molar-refractivity contribution is 6.32. The minimum atomic E-state index is -0.610. The molecule has 0 saturated carbocycles. The monoisotopic (exact) mass is 288 g/mol. The third kappa shape index (κ3) is 2.24. The molecule has 3 N–H and O–H groups in total. The summed E-state index contributed by atoms with van der Waals surface area (Å²) in [6.07, 6.45) is 0. The van der Waals surface area contributed by atoms with E-state index in [-0.39, 0.29) is 5.91 Å². The molecular formula is C15H13ClN2O2. The molecule has 0 spiro atoms. The van der Waals surface area contributed by atoms with Crippen molar-refractivity contribution >= 4 is 23.2 Å². The number of amides is 1. The first kappa shape index (κ1) is 13.0. The molecule has 2 aromatic carbocycles. The Kier molecular flexibility index (Phi) is 3.12. The largest absolute Gasteiger partial charge is 0.456 e. The van der Waals surface area contributed by atoms with Gasteiger partial charge in [-0.25, -0.2) is 0 Å². The van der Waals surface area contributed by atoms with Crippen molar-refractivity contribution < 1.29 is 9.53 Å². The first-order chi connectivity index (χ1) is 9.54. The topological polar surface area (TPSA) is 64.3 Å². The number of hydrogen-bond donors (Lipinski definition) is 2. The summed E-state index contributed by atoms with van der Waals surface area (Å²) in [6, 6.07) is 10.3. The van der Waals surface area contributed by atoms with Gasteiger partial charge in [0.1, 0.15) is 17.5 Å². The van der Waals surface area contributed by atoms with Gasteiger partial charge >= 0.3 is 0 Å². The average Bonchev–Trinajstić information content (AvgIpc) is 2.69. The molecule has 102 valence electrons. The molecular weight excluding hydrogens is 276 g/mol. The highest BCUT2D eigenvalue weighted by Crippen LogP contribution is 2.36. The van der Waals surface area contributed by atoms with Gasteiger partial charge in [-0.05, 0) is 30.7 Å². The molecule has 1 aliphatic rings. The number of hydrogen-bond acceptors (Lipinski definition) is 3. The summed E-state index contributed by atoms with van der Waals surface area (Å²) in [5, 5.41) is 3.26. The van der Waals surface area contributed by atoms with Crippen LogP contribution in [0.5, 0.6) is 11.5 Å². The first-order valence-electron chi connectivity index (χ1n) is 6.19. The molecule has 5 heteroatoms. The zero-order valence-corrected chi connectivity index (χ0v) is 11.6. The predicted molar refractivity (Wildman–Crippen MR) is 78.3 cm³/mol. The Morgan fingerprint density at radius 3 is 2.85 bits per heavy atom. The molecule has 0 saturated heterocycles. The van der Waals surface area contributed by atoms with Crippen LogP contribution in [0.1, 0.15) is 17.2 Å². The molecule has 0 aliphatic carbocycles. The summed E-state index contributed by atoms with van der Waals surface area (Å²) >= 11 is 6.09. The zero-order chi connectivity index (χ0) is 14.3. The fourth-order valence-corrected chi connectivity index (χ4v) is 2.30. The molecule has 1 heterocycles. The van der Waals surface area contributed by atoms with E-state index in [9.17, 15) is 4.79 Å². The Balaban J connectivity index is 1.92. The van der Waals surface area contributed by atoms with Crippen molar-refractivity contribution in [1.82, 2.24) is 0 Å². The van der Waals surface area contributed by atoms with Gasteiger partial charge in [-0.15, -0.1) is 0 Å². The van der Waals surface area contributed by atoms with Crippen molar-refractivity contribution in [2.75, 3.05) is 5.32 Å². The van der Waals surface area contributed by atoms with Crippen molar-refractivity contribution in [2.24, 2.45) is 5.73 Å². The Morgan fingerprint density at radius 2 is 2.05 bits per heavy atom. The van der Waals surface area contributed by atoms with Crippen molar-refractivity contribution in [3.63, 3.8) is 0 Å². The third-order valence-corrected chi connectivity index (χ3v) is 3.53. The molecule has 1 unspecified atom stereocenters. The van der Waals surface area contributed by atoms with Crippen molar-refractivity contribution in [1.29, 1.82) is 0 Å². The van der Waals surface area contributed by atoms with E-state index in [0.717, 1.165) is 11.1 Å². The van der Waals surface area contributed by atoms with E-state index in [1.165, 1.54) is 0 Å². The Labute approximate surface area is 121 Å².